The summed E-state index contributed by atoms with van der Waals surface area (Å²) in [5, 5.41) is 0. The van der Waals surface area contributed by atoms with Crippen molar-refractivity contribution in [1.82, 2.24) is 19.5 Å². The third-order valence-corrected chi connectivity index (χ3v) is 4.22. The Kier molecular flexibility index (Phi) is 3.14. The van der Waals surface area contributed by atoms with Gasteiger partial charge in [0.2, 0.25) is 0 Å². The first-order valence-electron chi connectivity index (χ1n) is 6.97. The molecule has 21 heavy (non-hydrogen) atoms. The van der Waals surface area contributed by atoms with Crippen molar-refractivity contribution in [3.63, 3.8) is 0 Å². The number of aryl methyl sites for hydroxylation is 1. The SMILES string of the molecule is Cc1nc(B2OC(C)(C)C(C)(C)O2)cn1-c1cncnc1. The summed E-state index contributed by atoms with van der Waals surface area (Å²) in [5.74, 6) is 0.842. The van der Waals surface area contributed by atoms with Gasteiger partial charge in [0.05, 0.1) is 34.9 Å². The molecule has 6 nitrogen and oxygen atoms in total. The summed E-state index contributed by atoms with van der Waals surface area (Å²) >= 11 is 0. The van der Waals surface area contributed by atoms with E-state index in [1.54, 1.807) is 12.4 Å². The van der Waals surface area contributed by atoms with Crippen molar-refractivity contribution >= 4 is 12.7 Å². The van der Waals surface area contributed by atoms with Crippen LogP contribution in [0.5, 0.6) is 0 Å². The highest BCUT2D eigenvalue weighted by Gasteiger charge is 2.52. The zero-order valence-corrected chi connectivity index (χ0v) is 13.0. The molecule has 2 aromatic heterocycles. The van der Waals surface area contributed by atoms with Crippen molar-refractivity contribution in [3.05, 3.63) is 30.7 Å². The molecule has 0 aromatic carbocycles. The van der Waals surface area contributed by atoms with Crippen LogP contribution in [-0.2, 0) is 9.31 Å². The fourth-order valence-electron chi connectivity index (χ4n) is 2.25. The van der Waals surface area contributed by atoms with E-state index in [9.17, 15) is 0 Å². The van der Waals surface area contributed by atoms with E-state index in [-0.39, 0.29) is 11.2 Å². The summed E-state index contributed by atoms with van der Waals surface area (Å²) in [6, 6.07) is 0. The van der Waals surface area contributed by atoms with Gasteiger partial charge in [0.1, 0.15) is 12.2 Å². The van der Waals surface area contributed by atoms with Gasteiger partial charge >= 0.3 is 7.12 Å². The molecule has 3 rings (SSSR count). The summed E-state index contributed by atoms with van der Waals surface area (Å²) in [4.78, 5) is 12.6. The smallest absolute Gasteiger partial charge is 0.398 e. The fourth-order valence-corrected chi connectivity index (χ4v) is 2.25. The van der Waals surface area contributed by atoms with E-state index in [4.69, 9.17) is 9.31 Å². The van der Waals surface area contributed by atoms with Crippen LogP contribution in [0.15, 0.2) is 24.9 Å². The lowest BCUT2D eigenvalue weighted by atomic mass is 9.86. The van der Waals surface area contributed by atoms with Crippen LogP contribution in [0.25, 0.3) is 5.69 Å². The Morgan fingerprint density at radius 2 is 1.62 bits per heavy atom. The minimum atomic E-state index is -0.459. The zero-order chi connectivity index (χ0) is 15.3. The number of hydrogen-bond donors (Lipinski definition) is 0. The van der Waals surface area contributed by atoms with Crippen molar-refractivity contribution < 1.29 is 9.31 Å². The molecule has 7 heteroatoms. The molecular weight excluding hydrogens is 267 g/mol. The number of rotatable bonds is 2. The van der Waals surface area contributed by atoms with Gasteiger partial charge in [0.15, 0.2) is 0 Å². The van der Waals surface area contributed by atoms with Crippen molar-refractivity contribution in [2.24, 2.45) is 0 Å². The van der Waals surface area contributed by atoms with Gasteiger partial charge in [-0.15, -0.1) is 0 Å². The number of hydrogen-bond acceptors (Lipinski definition) is 5. The number of imidazole rings is 1. The average molecular weight is 286 g/mol. The van der Waals surface area contributed by atoms with E-state index in [0.29, 0.717) is 0 Å². The third-order valence-electron chi connectivity index (χ3n) is 4.22. The van der Waals surface area contributed by atoms with E-state index in [1.165, 1.54) is 6.33 Å². The first-order chi connectivity index (χ1) is 9.80. The molecule has 0 spiro atoms. The second-order valence-electron chi connectivity index (χ2n) is 6.27. The van der Waals surface area contributed by atoms with E-state index in [0.717, 1.165) is 17.1 Å². The van der Waals surface area contributed by atoms with Crippen molar-refractivity contribution in [1.29, 1.82) is 0 Å². The maximum Gasteiger partial charge on any atom is 0.516 e. The summed E-state index contributed by atoms with van der Waals surface area (Å²) in [6.07, 6.45) is 6.91. The summed E-state index contributed by atoms with van der Waals surface area (Å²) in [7, 11) is -0.459. The van der Waals surface area contributed by atoms with E-state index in [2.05, 4.69) is 15.0 Å². The molecule has 0 aliphatic carbocycles. The molecule has 1 saturated heterocycles. The zero-order valence-electron chi connectivity index (χ0n) is 13.0. The van der Waals surface area contributed by atoms with Crippen molar-refractivity contribution in [2.45, 2.75) is 45.8 Å². The summed E-state index contributed by atoms with van der Waals surface area (Å²) in [6.45, 7) is 10.1. The lowest BCUT2D eigenvalue weighted by Crippen LogP contribution is -2.41. The fraction of sp³-hybridized carbons (Fsp3) is 0.500. The molecule has 0 N–H and O–H groups in total. The van der Waals surface area contributed by atoms with E-state index in [1.807, 2.05) is 45.4 Å². The minimum absolute atomic E-state index is 0.370. The Bertz CT molecular complexity index is 638. The van der Waals surface area contributed by atoms with Gasteiger partial charge in [-0.25, -0.2) is 15.0 Å². The Labute approximate surface area is 124 Å². The maximum absolute atomic E-state index is 6.02. The molecule has 0 saturated carbocycles. The Balaban J connectivity index is 1.93. The van der Waals surface area contributed by atoms with Gasteiger partial charge in [0.25, 0.3) is 0 Å². The predicted octanol–water partition coefficient (Wildman–Crippen LogP) is 1.27. The first kappa shape index (κ1) is 14.2. The van der Waals surface area contributed by atoms with Gasteiger partial charge in [-0.05, 0) is 34.6 Å². The molecule has 110 valence electrons. The molecular formula is C14H19BN4O2. The van der Waals surface area contributed by atoms with Gasteiger partial charge in [-0.1, -0.05) is 0 Å². The standard InChI is InChI=1S/C14H19BN4O2/c1-10-18-12(8-19(10)11-6-16-9-17-7-11)15-20-13(2,3)14(4,5)21-15/h6-9H,1-5H3. The number of nitrogens with zero attached hydrogens (tertiary/aromatic N) is 4. The quantitative estimate of drug-likeness (QED) is 0.778. The molecule has 0 atom stereocenters. The predicted molar refractivity (Wildman–Crippen MR) is 79.6 cm³/mol. The van der Waals surface area contributed by atoms with E-state index < -0.39 is 7.12 Å². The Hall–Kier alpha value is -1.73. The van der Waals surface area contributed by atoms with Crippen LogP contribution in [0, 0.1) is 6.92 Å². The maximum atomic E-state index is 6.02. The van der Waals surface area contributed by atoms with Gasteiger partial charge in [-0.3, -0.25) is 0 Å². The van der Waals surface area contributed by atoms with Crippen LogP contribution in [0.1, 0.15) is 33.5 Å². The molecule has 0 radical (unpaired) electrons. The van der Waals surface area contributed by atoms with Crippen LogP contribution >= 0.6 is 0 Å². The summed E-state index contributed by atoms with van der Waals surface area (Å²) < 4.78 is 14.0. The number of aromatic nitrogens is 4. The van der Waals surface area contributed by atoms with Crippen molar-refractivity contribution in [3.8, 4) is 5.69 Å². The van der Waals surface area contributed by atoms with Crippen LogP contribution in [-0.4, -0.2) is 37.8 Å². The molecule has 0 bridgehead atoms. The van der Waals surface area contributed by atoms with Gasteiger partial charge < -0.3 is 13.9 Å². The second kappa shape index (κ2) is 4.64. The van der Waals surface area contributed by atoms with Gasteiger partial charge in [-0.2, -0.15) is 0 Å². The molecule has 1 fully saturated rings. The van der Waals surface area contributed by atoms with Crippen LogP contribution in [0.4, 0.5) is 0 Å². The molecule has 2 aromatic rings. The average Bonchev–Trinajstić information content (AvgIpc) is 2.89. The minimum Gasteiger partial charge on any atom is -0.398 e. The molecule has 1 aliphatic heterocycles. The second-order valence-corrected chi connectivity index (χ2v) is 6.27. The molecule has 0 unspecified atom stereocenters. The highest BCUT2D eigenvalue weighted by atomic mass is 16.7. The lowest BCUT2D eigenvalue weighted by Gasteiger charge is -2.32. The first-order valence-corrected chi connectivity index (χ1v) is 6.97. The lowest BCUT2D eigenvalue weighted by molar-refractivity contribution is 0.00578. The monoisotopic (exact) mass is 286 g/mol. The Morgan fingerprint density at radius 3 is 2.19 bits per heavy atom. The van der Waals surface area contributed by atoms with Crippen LogP contribution < -0.4 is 5.59 Å². The van der Waals surface area contributed by atoms with Crippen molar-refractivity contribution in [2.75, 3.05) is 0 Å². The topological polar surface area (TPSA) is 62.1 Å². The third kappa shape index (κ3) is 2.36. The molecule has 3 heterocycles. The van der Waals surface area contributed by atoms with Crippen LogP contribution in [0.2, 0.25) is 0 Å². The highest BCUT2D eigenvalue weighted by molar-refractivity contribution is 6.61. The van der Waals surface area contributed by atoms with Crippen LogP contribution in [0.3, 0.4) is 0 Å². The van der Waals surface area contributed by atoms with Gasteiger partial charge in [0, 0.05) is 6.20 Å². The molecule has 0 amide bonds. The molecule has 1 aliphatic rings. The summed E-state index contributed by atoms with van der Waals surface area (Å²) in [5.41, 5.74) is 0.886. The van der Waals surface area contributed by atoms with E-state index >= 15 is 0 Å². The Morgan fingerprint density at radius 1 is 1.05 bits per heavy atom. The normalized spacial score (nSPS) is 20.0. The highest BCUT2D eigenvalue weighted by Crippen LogP contribution is 2.36. The largest absolute Gasteiger partial charge is 0.516 e.